The summed E-state index contributed by atoms with van der Waals surface area (Å²) in [7, 11) is 0. The summed E-state index contributed by atoms with van der Waals surface area (Å²) in [6.45, 7) is 10.5. The maximum Gasteiger partial charge on any atom is 0.407 e. The molecule has 1 atom stereocenters. The Hall–Kier alpha value is -1.77. The van der Waals surface area contributed by atoms with E-state index in [9.17, 15) is 4.79 Å². The predicted molar refractivity (Wildman–Crippen MR) is 82.4 cm³/mol. The van der Waals surface area contributed by atoms with Gasteiger partial charge in [-0.25, -0.2) is 4.79 Å². The minimum Gasteiger partial charge on any atom is -0.445 e. The van der Waals surface area contributed by atoms with Gasteiger partial charge in [0.2, 0.25) is 0 Å². The van der Waals surface area contributed by atoms with Crippen LogP contribution in [0.15, 0.2) is 42.5 Å². The maximum atomic E-state index is 11.8. The largest absolute Gasteiger partial charge is 0.445 e. The highest BCUT2D eigenvalue weighted by molar-refractivity contribution is 5.67. The highest BCUT2D eigenvalue weighted by Gasteiger charge is 2.15. The van der Waals surface area contributed by atoms with Crippen LogP contribution in [-0.2, 0) is 11.3 Å². The molecule has 1 aromatic rings. The first-order valence-electron chi connectivity index (χ1n) is 7.09. The maximum absolute atomic E-state index is 11.8. The number of hydrogen-bond acceptors (Lipinski definition) is 2. The Labute approximate surface area is 122 Å². The van der Waals surface area contributed by atoms with Crippen molar-refractivity contribution in [1.82, 2.24) is 5.32 Å². The van der Waals surface area contributed by atoms with Gasteiger partial charge in [0.05, 0.1) is 0 Å². The number of carbonyl (C=O) groups is 1. The van der Waals surface area contributed by atoms with Crippen LogP contribution in [0, 0.1) is 5.92 Å². The zero-order valence-corrected chi connectivity index (χ0v) is 12.7. The average Bonchev–Trinajstić information content (AvgIpc) is 2.36. The summed E-state index contributed by atoms with van der Waals surface area (Å²) < 4.78 is 5.24. The highest BCUT2D eigenvalue weighted by atomic mass is 16.5. The smallest absolute Gasteiger partial charge is 0.407 e. The van der Waals surface area contributed by atoms with E-state index in [4.69, 9.17) is 4.74 Å². The molecule has 1 N–H and O–H groups in total. The molecule has 0 radical (unpaired) electrons. The van der Waals surface area contributed by atoms with E-state index < -0.39 is 0 Å². The third-order valence-electron chi connectivity index (χ3n) is 2.89. The van der Waals surface area contributed by atoms with Gasteiger partial charge in [0.1, 0.15) is 6.61 Å². The number of nitrogens with one attached hydrogen (secondary N) is 1. The molecule has 0 spiro atoms. The Morgan fingerprint density at radius 1 is 1.30 bits per heavy atom. The van der Waals surface area contributed by atoms with Gasteiger partial charge in [-0.3, -0.25) is 0 Å². The molecule has 1 rings (SSSR count). The van der Waals surface area contributed by atoms with Crippen LogP contribution in [0.3, 0.4) is 0 Å². The van der Waals surface area contributed by atoms with Crippen molar-refractivity contribution in [3.63, 3.8) is 0 Å². The zero-order valence-electron chi connectivity index (χ0n) is 12.7. The summed E-state index contributed by atoms with van der Waals surface area (Å²) in [5.74, 6) is 0.522. The van der Waals surface area contributed by atoms with Crippen molar-refractivity contribution in [3.8, 4) is 0 Å². The van der Waals surface area contributed by atoms with E-state index in [0.717, 1.165) is 24.0 Å². The normalized spacial score (nSPS) is 12.0. The lowest BCUT2D eigenvalue weighted by molar-refractivity contribution is 0.134. The van der Waals surface area contributed by atoms with Gasteiger partial charge in [-0.2, -0.15) is 0 Å². The standard InChI is InChI=1S/C17H25NO2/c1-13(2)10-16(11-14(3)4)18-17(19)20-12-15-8-6-5-7-9-15/h5-9,14,16H,1,10-12H2,2-4H3,(H,18,19)/t16-/m1/s1. The van der Waals surface area contributed by atoms with E-state index in [1.807, 2.05) is 37.3 Å². The van der Waals surface area contributed by atoms with Gasteiger partial charge in [-0.1, -0.05) is 49.8 Å². The molecule has 110 valence electrons. The van der Waals surface area contributed by atoms with Crippen molar-refractivity contribution in [2.75, 3.05) is 0 Å². The van der Waals surface area contributed by atoms with Crippen LogP contribution in [-0.4, -0.2) is 12.1 Å². The van der Waals surface area contributed by atoms with Crippen molar-refractivity contribution < 1.29 is 9.53 Å². The lowest BCUT2D eigenvalue weighted by atomic mass is 9.98. The topological polar surface area (TPSA) is 38.3 Å². The van der Waals surface area contributed by atoms with Crippen LogP contribution < -0.4 is 5.32 Å². The van der Waals surface area contributed by atoms with Crippen LogP contribution in [0.4, 0.5) is 4.79 Å². The molecule has 0 aromatic heterocycles. The van der Waals surface area contributed by atoms with Crippen LogP contribution in [0.5, 0.6) is 0 Å². The number of benzene rings is 1. The molecule has 0 bridgehead atoms. The summed E-state index contributed by atoms with van der Waals surface area (Å²) in [5, 5.41) is 2.93. The lowest BCUT2D eigenvalue weighted by Crippen LogP contribution is -2.36. The van der Waals surface area contributed by atoms with Crippen molar-refractivity contribution in [1.29, 1.82) is 0 Å². The molecule has 3 heteroatoms. The molecule has 0 fully saturated rings. The summed E-state index contributed by atoms with van der Waals surface area (Å²) in [5.41, 5.74) is 2.06. The van der Waals surface area contributed by atoms with Crippen LogP contribution in [0.2, 0.25) is 0 Å². The Balaban J connectivity index is 2.42. The first-order chi connectivity index (χ1) is 9.47. The van der Waals surface area contributed by atoms with Crippen LogP contribution in [0.25, 0.3) is 0 Å². The third-order valence-corrected chi connectivity index (χ3v) is 2.89. The second-order valence-electron chi connectivity index (χ2n) is 5.69. The van der Waals surface area contributed by atoms with Crippen molar-refractivity contribution >= 4 is 6.09 Å². The molecule has 0 aliphatic heterocycles. The molecule has 0 saturated carbocycles. The second kappa shape index (κ2) is 8.41. The summed E-state index contributed by atoms with van der Waals surface area (Å²) in [4.78, 5) is 11.8. The number of rotatable bonds is 7. The van der Waals surface area contributed by atoms with Crippen molar-refractivity contribution in [2.45, 2.75) is 46.3 Å². The molecule has 0 aliphatic rings. The minimum atomic E-state index is -0.360. The Bertz CT molecular complexity index is 426. The number of alkyl carbamates (subject to hydrolysis) is 1. The van der Waals surface area contributed by atoms with Crippen LogP contribution >= 0.6 is 0 Å². The van der Waals surface area contributed by atoms with E-state index in [-0.39, 0.29) is 12.1 Å². The van der Waals surface area contributed by atoms with Gasteiger partial charge < -0.3 is 10.1 Å². The number of amides is 1. The molecule has 1 amide bonds. The Morgan fingerprint density at radius 2 is 1.95 bits per heavy atom. The Morgan fingerprint density at radius 3 is 2.50 bits per heavy atom. The molecular weight excluding hydrogens is 250 g/mol. The summed E-state index contributed by atoms with van der Waals surface area (Å²) in [6.07, 6.45) is 1.35. The molecule has 0 heterocycles. The number of ether oxygens (including phenoxy) is 1. The fourth-order valence-electron chi connectivity index (χ4n) is 2.11. The van der Waals surface area contributed by atoms with Gasteiger partial charge in [0.15, 0.2) is 0 Å². The fraction of sp³-hybridized carbons (Fsp3) is 0.471. The van der Waals surface area contributed by atoms with E-state index in [0.29, 0.717) is 12.5 Å². The molecule has 1 aromatic carbocycles. The van der Waals surface area contributed by atoms with Gasteiger partial charge in [0.25, 0.3) is 0 Å². The highest BCUT2D eigenvalue weighted by Crippen LogP contribution is 2.12. The summed E-state index contributed by atoms with van der Waals surface area (Å²) in [6, 6.07) is 9.77. The lowest BCUT2D eigenvalue weighted by Gasteiger charge is -2.20. The molecular formula is C17H25NO2. The molecule has 0 aliphatic carbocycles. The molecule has 3 nitrogen and oxygen atoms in total. The van der Waals surface area contributed by atoms with E-state index in [1.165, 1.54) is 0 Å². The van der Waals surface area contributed by atoms with Crippen LogP contribution in [0.1, 0.15) is 39.2 Å². The SMILES string of the molecule is C=C(C)C[C@H](CC(C)C)NC(=O)OCc1ccccc1. The summed E-state index contributed by atoms with van der Waals surface area (Å²) >= 11 is 0. The first kappa shape index (κ1) is 16.3. The van der Waals surface area contributed by atoms with Gasteiger partial charge in [-0.05, 0) is 31.2 Å². The quantitative estimate of drug-likeness (QED) is 0.754. The van der Waals surface area contributed by atoms with Crippen molar-refractivity contribution in [3.05, 3.63) is 48.0 Å². The first-order valence-corrected chi connectivity index (χ1v) is 7.09. The fourth-order valence-corrected chi connectivity index (χ4v) is 2.11. The van der Waals surface area contributed by atoms with Crippen molar-refractivity contribution in [2.24, 2.45) is 5.92 Å². The monoisotopic (exact) mass is 275 g/mol. The van der Waals surface area contributed by atoms with Gasteiger partial charge in [0, 0.05) is 6.04 Å². The van der Waals surface area contributed by atoms with E-state index in [2.05, 4.69) is 25.7 Å². The van der Waals surface area contributed by atoms with E-state index >= 15 is 0 Å². The third kappa shape index (κ3) is 6.98. The minimum absolute atomic E-state index is 0.0933. The molecule has 0 saturated heterocycles. The molecule has 20 heavy (non-hydrogen) atoms. The average molecular weight is 275 g/mol. The molecule has 0 unspecified atom stereocenters. The second-order valence-corrected chi connectivity index (χ2v) is 5.69. The zero-order chi connectivity index (χ0) is 15.0. The van der Waals surface area contributed by atoms with Gasteiger partial charge >= 0.3 is 6.09 Å². The number of hydrogen-bond donors (Lipinski definition) is 1. The Kier molecular flexibility index (Phi) is 6.85. The van der Waals surface area contributed by atoms with E-state index in [1.54, 1.807) is 0 Å². The predicted octanol–water partition coefficient (Wildman–Crippen LogP) is 4.29. The number of carbonyl (C=O) groups excluding carboxylic acids is 1. The van der Waals surface area contributed by atoms with Gasteiger partial charge in [-0.15, -0.1) is 6.58 Å².